The third-order valence-corrected chi connectivity index (χ3v) is 12.6. The molecule has 4 rings (SSSR count). The number of hydrogen-bond donors (Lipinski definition) is 0. The van der Waals surface area contributed by atoms with E-state index in [1.165, 1.54) is 33.8 Å². The number of rotatable bonds is 11. The quantitative estimate of drug-likeness (QED) is 0.152. The average Bonchev–Trinajstić information content (AvgIpc) is 3.46. The Balaban J connectivity index is 1.61. The highest BCUT2D eigenvalue weighted by Crippen LogP contribution is 2.87. The summed E-state index contributed by atoms with van der Waals surface area (Å²) in [5.41, 5.74) is 1.27. The predicted octanol–water partition coefficient (Wildman–Crippen LogP) is 7.21. The van der Waals surface area contributed by atoms with Crippen LogP contribution in [0.25, 0.3) is 0 Å². The molecule has 10 atom stereocenters. The largest absolute Gasteiger partial charge is 0.469 e. The molecule has 0 radical (unpaired) electrons. The van der Waals surface area contributed by atoms with Crippen molar-refractivity contribution < 1.29 is 28.6 Å². The SMILES string of the molecule is C=CC1C(OC(C)=O)CC2C3(C)CCC(C(C)CCC(OC(C)=O)C(=C)C)C3(C)CCC23CC13CCC(=O)OC. The third-order valence-electron chi connectivity index (χ3n) is 12.6. The van der Waals surface area contributed by atoms with Gasteiger partial charge in [0.05, 0.1) is 7.11 Å². The molecule has 6 nitrogen and oxygen atoms in total. The second-order valence-electron chi connectivity index (χ2n) is 14.2. The Morgan fingerprint density at radius 3 is 2.30 bits per heavy atom. The van der Waals surface area contributed by atoms with Crippen LogP contribution in [0.1, 0.15) is 106 Å². The molecule has 4 fully saturated rings. The third kappa shape index (κ3) is 4.75. The smallest absolute Gasteiger partial charge is 0.305 e. The molecule has 0 aromatic heterocycles. The molecule has 0 N–H and O–H groups in total. The lowest BCUT2D eigenvalue weighted by Crippen LogP contribution is -2.57. The molecular weight excluding hydrogens is 504 g/mol. The second kappa shape index (κ2) is 10.9. The van der Waals surface area contributed by atoms with Crippen molar-refractivity contribution in [3.8, 4) is 0 Å². The zero-order valence-corrected chi connectivity index (χ0v) is 26.0. The molecule has 0 aliphatic heterocycles. The molecule has 0 aromatic carbocycles. The monoisotopic (exact) mass is 556 g/mol. The topological polar surface area (TPSA) is 78.9 Å². The number of carbonyl (C=O) groups excluding carboxylic acids is 3. The molecular formula is C34H52O6. The minimum atomic E-state index is -0.254. The number of carbonyl (C=O) groups is 3. The zero-order chi connectivity index (χ0) is 29.7. The minimum Gasteiger partial charge on any atom is -0.469 e. The van der Waals surface area contributed by atoms with Crippen molar-refractivity contribution in [2.75, 3.05) is 7.11 Å². The normalized spacial score (nSPS) is 40.9. The van der Waals surface area contributed by atoms with Gasteiger partial charge in [0.25, 0.3) is 0 Å². The fourth-order valence-corrected chi connectivity index (χ4v) is 10.6. The van der Waals surface area contributed by atoms with Gasteiger partial charge in [-0.25, -0.2) is 0 Å². The summed E-state index contributed by atoms with van der Waals surface area (Å²) < 4.78 is 16.6. The zero-order valence-electron chi connectivity index (χ0n) is 26.0. The van der Waals surface area contributed by atoms with Crippen LogP contribution < -0.4 is 0 Å². The lowest BCUT2D eigenvalue weighted by molar-refractivity contribution is -0.173. The summed E-state index contributed by atoms with van der Waals surface area (Å²) in [4.78, 5) is 36.2. The number of hydrogen-bond acceptors (Lipinski definition) is 6. The first kappa shape index (κ1) is 30.8. The first-order valence-electron chi connectivity index (χ1n) is 15.4. The van der Waals surface area contributed by atoms with Gasteiger partial charge < -0.3 is 14.2 Å². The molecule has 4 saturated carbocycles. The maximum absolute atomic E-state index is 12.3. The van der Waals surface area contributed by atoms with Crippen molar-refractivity contribution in [2.24, 2.45) is 45.3 Å². The van der Waals surface area contributed by atoms with Gasteiger partial charge >= 0.3 is 17.9 Å². The van der Waals surface area contributed by atoms with Crippen LogP contribution in [0.4, 0.5) is 0 Å². The Bertz CT molecular complexity index is 1050. The first-order valence-corrected chi connectivity index (χ1v) is 15.4. The number of esters is 3. The predicted molar refractivity (Wildman–Crippen MR) is 155 cm³/mol. The Hall–Kier alpha value is -2.11. The molecule has 224 valence electrons. The lowest BCUT2D eigenvalue weighted by Gasteiger charge is -2.61. The van der Waals surface area contributed by atoms with Crippen LogP contribution in [0.15, 0.2) is 24.8 Å². The van der Waals surface area contributed by atoms with E-state index in [2.05, 4.69) is 33.9 Å². The Kier molecular flexibility index (Phi) is 8.44. The van der Waals surface area contributed by atoms with E-state index < -0.39 is 0 Å². The van der Waals surface area contributed by atoms with Gasteiger partial charge in [-0.3, -0.25) is 14.4 Å². The van der Waals surface area contributed by atoms with E-state index in [-0.39, 0.29) is 57.7 Å². The maximum Gasteiger partial charge on any atom is 0.305 e. The van der Waals surface area contributed by atoms with Gasteiger partial charge in [-0.2, -0.15) is 0 Å². The Labute approximate surface area is 241 Å². The lowest BCUT2D eigenvalue weighted by atomic mass is 9.43. The van der Waals surface area contributed by atoms with Gasteiger partial charge in [0.15, 0.2) is 0 Å². The first-order chi connectivity index (χ1) is 18.7. The highest BCUT2D eigenvalue weighted by Gasteiger charge is 2.81. The van der Waals surface area contributed by atoms with Crippen molar-refractivity contribution in [1.82, 2.24) is 0 Å². The van der Waals surface area contributed by atoms with Crippen molar-refractivity contribution >= 4 is 17.9 Å². The van der Waals surface area contributed by atoms with E-state index in [1.807, 2.05) is 13.0 Å². The molecule has 0 aromatic rings. The van der Waals surface area contributed by atoms with Crippen molar-refractivity contribution in [3.63, 3.8) is 0 Å². The summed E-state index contributed by atoms with van der Waals surface area (Å²) in [6, 6.07) is 0. The van der Waals surface area contributed by atoms with Crippen LogP contribution in [0.5, 0.6) is 0 Å². The van der Waals surface area contributed by atoms with E-state index in [9.17, 15) is 14.4 Å². The summed E-state index contributed by atoms with van der Waals surface area (Å²) in [7, 11) is 1.46. The average molecular weight is 557 g/mol. The van der Waals surface area contributed by atoms with Gasteiger partial charge in [-0.1, -0.05) is 33.4 Å². The minimum absolute atomic E-state index is 0.0572. The van der Waals surface area contributed by atoms with Crippen molar-refractivity contribution in [2.45, 2.75) is 118 Å². The molecule has 4 aliphatic carbocycles. The summed E-state index contributed by atoms with van der Waals surface area (Å²) in [6.45, 7) is 20.6. The standard InChI is InChI=1S/C34H52O6/c1-10-25-28(40-24(6)36)19-29-32(8)15-13-26(22(4)11-12-27(21(2)3)39-23(5)35)31(32,7)17-18-34(29)20-33(25,34)16-14-30(37)38-9/h10,22,25-29H,1-2,11-20H2,3-9H3. The van der Waals surface area contributed by atoms with E-state index in [1.54, 1.807) is 0 Å². The summed E-state index contributed by atoms with van der Waals surface area (Å²) in [6.07, 6.45) is 11.1. The van der Waals surface area contributed by atoms with Crippen LogP contribution in [0.3, 0.4) is 0 Å². The fraction of sp³-hybridized carbons (Fsp3) is 0.794. The number of fused-ring (bicyclic) bond motifs is 2. The summed E-state index contributed by atoms with van der Waals surface area (Å²) in [5.74, 6) is 0.889. The van der Waals surface area contributed by atoms with Gasteiger partial charge in [0.2, 0.25) is 0 Å². The van der Waals surface area contributed by atoms with Crippen LogP contribution in [-0.4, -0.2) is 37.2 Å². The van der Waals surface area contributed by atoms with E-state index in [0.29, 0.717) is 24.2 Å². The molecule has 0 bridgehead atoms. The van der Waals surface area contributed by atoms with E-state index >= 15 is 0 Å². The summed E-state index contributed by atoms with van der Waals surface area (Å²) in [5, 5.41) is 0. The van der Waals surface area contributed by atoms with E-state index in [0.717, 1.165) is 50.5 Å². The highest BCUT2D eigenvalue weighted by molar-refractivity contribution is 5.69. The molecule has 0 heterocycles. The number of methoxy groups -OCH3 is 1. The molecule has 1 spiro atoms. The van der Waals surface area contributed by atoms with E-state index in [4.69, 9.17) is 14.2 Å². The van der Waals surface area contributed by atoms with Crippen LogP contribution in [-0.2, 0) is 28.6 Å². The van der Waals surface area contributed by atoms with Gasteiger partial charge in [-0.05, 0) is 110 Å². The maximum atomic E-state index is 12.3. The van der Waals surface area contributed by atoms with Gasteiger partial charge in [-0.15, -0.1) is 6.58 Å². The highest BCUT2D eigenvalue weighted by atomic mass is 16.5. The fourth-order valence-electron chi connectivity index (χ4n) is 10.6. The van der Waals surface area contributed by atoms with Gasteiger partial charge in [0.1, 0.15) is 12.2 Å². The van der Waals surface area contributed by atoms with Crippen molar-refractivity contribution in [1.29, 1.82) is 0 Å². The molecule has 10 unspecified atom stereocenters. The van der Waals surface area contributed by atoms with Crippen molar-refractivity contribution in [3.05, 3.63) is 24.8 Å². The molecule has 0 saturated heterocycles. The second-order valence-corrected chi connectivity index (χ2v) is 14.2. The van der Waals surface area contributed by atoms with Crippen LogP contribution >= 0.6 is 0 Å². The molecule has 4 aliphatic rings. The summed E-state index contributed by atoms with van der Waals surface area (Å²) >= 11 is 0. The van der Waals surface area contributed by atoms with Gasteiger partial charge in [0, 0.05) is 26.2 Å². The molecule has 0 amide bonds. The molecule has 6 heteroatoms. The number of ether oxygens (including phenoxy) is 3. The van der Waals surface area contributed by atoms with Crippen LogP contribution in [0, 0.1) is 45.3 Å². The van der Waals surface area contributed by atoms with Crippen LogP contribution in [0.2, 0.25) is 0 Å². The molecule has 40 heavy (non-hydrogen) atoms. The Morgan fingerprint density at radius 1 is 1.02 bits per heavy atom. The Morgan fingerprint density at radius 2 is 1.73 bits per heavy atom.